The van der Waals surface area contributed by atoms with Crippen molar-refractivity contribution in [2.45, 2.75) is 25.9 Å². The van der Waals surface area contributed by atoms with Gasteiger partial charge in [-0.15, -0.1) is 11.3 Å². The lowest BCUT2D eigenvalue weighted by Crippen LogP contribution is -2.04. The first-order valence-corrected chi connectivity index (χ1v) is 8.73. The molecule has 0 saturated carbocycles. The molecule has 4 nitrogen and oxygen atoms in total. The number of methoxy groups -OCH3 is 1. The van der Waals surface area contributed by atoms with Crippen molar-refractivity contribution in [3.8, 4) is 17.3 Å². The highest BCUT2D eigenvalue weighted by Crippen LogP contribution is 2.29. The lowest BCUT2D eigenvalue weighted by Gasteiger charge is -2.07. The minimum Gasteiger partial charge on any atom is -0.481 e. The highest BCUT2D eigenvalue weighted by atomic mass is 32.1. The van der Waals surface area contributed by atoms with E-state index in [1.807, 2.05) is 5.38 Å². The molecule has 26 heavy (non-hydrogen) atoms. The molecular weight excluding hydrogens is 363 g/mol. The number of aromatic nitrogens is 3. The zero-order chi connectivity index (χ0) is 18.7. The van der Waals surface area contributed by atoms with Crippen molar-refractivity contribution in [3.05, 3.63) is 57.7 Å². The molecule has 1 aromatic carbocycles. The van der Waals surface area contributed by atoms with Crippen LogP contribution in [0, 0.1) is 6.92 Å². The number of ether oxygens (including phenoxy) is 1. The van der Waals surface area contributed by atoms with E-state index in [0.717, 1.165) is 28.4 Å². The maximum absolute atomic E-state index is 12.6. The van der Waals surface area contributed by atoms with Gasteiger partial charge in [-0.05, 0) is 31.0 Å². The lowest BCUT2D eigenvalue weighted by molar-refractivity contribution is -0.137. The SMILES string of the molecule is COc1cc(-c2csc(CCc3ccc(C(F)(F)F)cc3)n2)nc(C)n1. The maximum Gasteiger partial charge on any atom is 0.416 e. The van der Waals surface area contributed by atoms with Crippen molar-refractivity contribution >= 4 is 11.3 Å². The molecule has 0 N–H and O–H groups in total. The number of benzene rings is 1. The number of aryl methyl sites for hydroxylation is 3. The van der Waals surface area contributed by atoms with Crippen molar-refractivity contribution in [1.29, 1.82) is 0 Å². The lowest BCUT2D eigenvalue weighted by atomic mass is 10.1. The Morgan fingerprint density at radius 1 is 1.00 bits per heavy atom. The van der Waals surface area contributed by atoms with Crippen LogP contribution >= 0.6 is 11.3 Å². The van der Waals surface area contributed by atoms with Gasteiger partial charge in [0.15, 0.2) is 0 Å². The number of nitrogens with zero attached hydrogens (tertiary/aromatic N) is 3. The van der Waals surface area contributed by atoms with Gasteiger partial charge in [0, 0.05) is 17.9 Å². The molecule has 3 rings (SSSR count). The fraction of sp³-hybridized carbons (Fsp3) is 0.278. The molecule has 0 radical (unpaired) electrons. The van der Waals surface area contributed by atoms with Crippen LogP contribution < -0.4 is 4.74 Å². The normalized spacial score (nSPS) is 11.6. The van der Waals surface area contributed by atoms with Crippen LogP contribution in [0.25, 0.3) is 11.4 Å². The molecule has 0 spiro atoms. The van der Waals surface area contributed by atoms with E-state index in [-0.39, 0.29) is 0 Å². The van der Waals surface area contributed by atoms with Crippen molar-refractivity contribution in [3.63, 3.8) is 0 Å². The van der Waals surface area contributed by atoms with E-state index in [1.165, 1.54) is 23.5 Å². The molecule has 136 valence electrons. The van der Waals surface area contributed by atoms with Crippen LogP contribution in [0.1, 0.15) is 22.0 Å². The number of hydrogen-bond acceptors (Lipinski definition) is 5. The van der Waals surface area contributed by atoms with E-state index >= 15 is 0 Å². The zero-order valence-electron chi connectivity index (χ0n) is 14.2. The van der Waals surface area contributed by atoms with E-state index in [9.17, 15) is 13.2 Å². The van der Waals surface area contributed by atoms with Crippen LogP contribution in [-0.4, -0.2) is 22.1 Å². The van der Waals surface area contributed by atoms with Gasteiger partial charge in [0.25, 0.3) is 0 Å². The van der Waals surface area contributed by atoms with Crippen molar-refractivity contribution in [2.75, 3.05) is 7.11 Å². The highest BCUT2D eigenvalue weighted by Gasteiger charge is 2.29. The molecule has 2 aromatic heterocycles. The largest absolute Gasteiger partial charge is 0.481 e. The molecule has 0 atom stereocenters. The van der Waals surface area contributed by atoms with Crippen molar-refractivity contribution in [2.24, 2.45) is 0 Å². The Balaban J connectivity index is 1.68. The average molecular weight is 379 g/mol. The molecule has 0 saturated heterocycles. The predicted molar refractivity (Wildman–Crippen MR) is 93.3 cm³/mol. The second kappa shape index (κ2) is 7.41. The zero-order valence-corrected chi connectivity index (χ0v) is 15.0. The van der Waals surface area contributed by atoms with Gasteiger partial charge in [-0.1, -0.05) is 12.1 Å². The van der Waals surface area contributed by atoms with Crippen LogP contribution in [0.2, 0.25) is 0 Å². The highest BCUT2D eigenvalue weighted by molar-refractivity contribution is 7.09. The van der Waals surface area contributed by atoms with Crippen LogP contribution in [0.15, 0.2) is 35.7 Å². The molecule has 0 aliphatic rings. The van der Waals surface area contributed by atoms with Crippen LogP contribution in [-0.2, 0) is 19.0 Å². The summed E-state index contributed by atoms with van der Waals surface area (Å²) in [7, 11) is 1.54. The predicted octanol–water partition coefficient (Wildman–Crippen LogP) is 4.72. The first-order valence-electron chi connectivity index (χ1n) is 7.86. The van der Waals surface area contributed by atoms with Gasteiger partial charge in [0.05, 0.1) is 23.4 Å². The first kappa shape index (κ1) is 18.3. The van der Waals surface area contributed by atoms with Crippen LogP contribution in [0.5, 0.6) is 5.88 Å². The topological polar surface area (TPSA) is 47.9 Å². The third-order valence-electron chi connectivity index (χ3n) is 3.75. The molecule has 2 heterocycles. The standard InChI is InChI=1S/C18H16F3N3OS/c1-11-22-14(9-16(23-11)25-2)15-10-26-17(24-15)8-5-12-3-6-13(7-4-12)18(19,20)21/h3-4,6-7,9-10H,5,8H2,1-2H3. The van der Waals surface area contributed by atoms with Gasteiger partial charge < -0.3 is 4.74 Å². The summed E-state index contributed by atoms with van der Waals surface area (Å²) >= 11 is 1.50. The van der Waals surface area contributed by atoms with Gasteiger partial charge >= 0.3 is 6.18 Å². The van der Waals surface area contributed by atoms with Crippen molar-refractivity contribution in [1.82, 2.24) is 15.0 Å². The van der Waals surface area contributed by atoms with Gasteiger partial charge in [0.1, 0.15) is 11.5 Å². The summed E-state index contributed by atoms with van der Waals surface area (Å²) in [5.41, 5.74) is 1.63. The monoisotopic (exact) mass is 379 g/mol. The molecule has 0 unspecified atom stereocenters. The Kier molecular flexibility index (Phi) is 5.22. The van der Waals surface area contributed by atoms with Gasteiger partial charge in [-0.3, -0.25) is 0 Å². The number of halogens is 3. The summed E-state index contributed by atoms with van der Waals surface area (Å²) in [4.78, 5) is 13.1. The molecule has 8 heteroatoms. The quantitative estimate of drug-likeness (QED) is 0.644. The molecular formula is C18H16F3N3OS. The first-order chi connectivity index (χ1) is 12.3. The summed E-state index contributed by atoms with van der Waals surface area (Å²) in [6.45, 7) is 1.78. The fourth-order valence-corrected chi connectivity index (χ4v) is 3.22. The molecule has 0 aliphatic heterocycles. The van der Waals surface area contributed by atoms with E-state index in [4.69, 9.17) is 4.74 Å². The number of hydrogen-bond donors (Lipinski definition) is 0. The molecule has 0 bridgehead atoms. The molecule has 0 aliphatic carbocycles. The summed E-state index contributed by atoms with van der Waals surface area (Å²) in [5, 5.41) is 2.80. The average Bonchev–Trinajstić information content (AvgIpc) is 3.08. The Bertz CT molecular complexity index is 891. The van der Waals surface area contributed by atoms with E-state index in [2.05, 4.69) is 15.0 Å². The van der Waals surface area contributed by atoms with E-state index < -0.39 is 11.7 Å². The van der Waals surface area contributed by atoms with E-state index in [1.54, 1.807) is 20.1 Å². The summed E-state index contributed by atoms with van der Waals surface area (Å²) in [6, 6.07) is 6.96. The Morgan fingerprint density at radius 3 is 2.38 bits per heavy atom. The van der Waals surface area contributed by atoms with E-state index in [0.29, 0.717) is 30.2 Å². The van der Waals surface area contributed by atoms with Crippen molar-refractivity contribution < 1.29 is 17.9 Å². The second-order valence-electron chi connectivity index (χ2n) is 5.66. The fourth-order valence-electron chi connectivity index (χ4n) is 2.43. The minimum atomic E-state index is -4.31. The Hall–Kier alpha value is -2.48. The van der Waals surface area contributed by atoms with Gasteiger partial charge in [-0.2, -0.15) is 18.2 Å². The third-order valence-corrected chi connectivity index (χ3v) is 4.66. The van der Waals surface area contributed by atoms with Crippen LogP contribution in [0.3, 0.4) is 0 Å². The number of rotatable bonds is 5. The molecule has 0 fully saturated rings. The Labute approximate surface area is 152 Å². The van der Waals surface area contributed by atoms with Gasteiger partial charge in [0.2, 0.25) is 5.88 Å². The summed E-state index contributed by atoms with van der Waals surface area (Å²) in [5.74, 6) is 1.07. The summed E-state index contributed by atoms with van der Waals surface area (Å²) in [6.07, 6.45) is -3.03. The second-order valence-corrected chi connectivity index (χ2v) is 6.61. The number of alkyl halides is 3. The molecule has 0 amide bonds. The minimum absolute atomic E-state index is 0.479. The maximum atomic E-state index is 12.6. The number of thiazole rings is 1. The van der Waals surface area contributed by atoms with Crippen LogP contribution in [0.4, 0.5) is 13.2 Å². The smallest absolute Gasteiger partial charge is 0.416 e. The van der Waals surface area contributed by atoms with Gasteiger partial charge in [-0.25, -0.2) is 9.97 Å². The Morgan fingerprint density at radius 2 is 1.73 bits per heavy atom. The molecule has 3 aromatic rings. The summed E-state index contributed by atoms with van der Waals surface area (Å²) < 4.78 is 42.9. The third kappa shape index (κ3) is 4.37.